The Bertz CT molecular complexity index is 680. The normalized spacial score (nSPS) is 16.8. The third-order valence-corrected chi connectivity index (χ3v) is 3.97. The van der Waals surface area contributed by atoms with Crippen molar-refractivity contribution in [2.75, 3.05) is 10.6 Å². The molecule has 4 heteroatoms. The summed E-state index contributed by atoms with van der Waals surface area (Å²) in [6, 6.07) is 13.2. The molecule has 21 heavy (non-hydrogen) atoms. The lowest BCUT2D eigenvalue weighted by Gasteiger charge is -2.14. The molecule has 1 atom stereocenters. The van der Waals surface area contributed by atoms with Gasteiger partial charge in [-0.3, -0.25) is 4.79 Å². The van der Waals surface area contributed by atoms with Crippen molar-refractivity contribution in [1.82, 2.24) is 0 Å². The van der Waals surface area contributed by atoms with E-state index in [9.17, 15) is 4.79 Å². The zero-order chi connectivity index (χ0) is 15.0. The smallest absolute Gasteiger partial charge is 0.251 e. The number of rotatable bonds is 3. The van der Waals surface area contributed by atoms with E-state index in [1.807, 2.05) is 24.3 Å². The second-order valence-electron chi connectivity index (χ2n) is 5.57. The molecule has 0 aromatic heterocycles. The van der Waals surface area contributed by atoms with Crippen LogP contribution in [0.3, 0.4) is 0 Å². The molecule has 1 unspecified atom stereocenters. The van der Waals surface area contributed by atoms with E-state index in [0.717, 1.165) is 16.9 Å². The number of anilines is 2. The first-order chi connectivity index (χ1) is 10.0. The molecule has 3 nitrogen and oxygen atoms in total. The van der Waals surface area contributed by atoms with Crippen LogP contribution in [0.1, 0.15) is 36.9 Å². The molecule has 0 spiro atoms. The Labute approximate surface area is 129 Å². The number of benzene rings is 2. The average molecular weight is 301 g/mol. The molecule has 0 bridgehead atoms. The lowest BCUT2D eigenvalue weighted by atomic mass is 10.0. The Morgan fingerprint density at radius 2 is 1.86 bits per heavy atom. The molecular weight excluding hydrogens is 284 g/mol. The highest BCUT2D eigenvalue weighted by molar-refractivity contribution is 6.31. The molecule has 0 radical (unpaired) electrons. The molecule has 3 rings (SSSR count). The van der Waals surface area contributed by atoms with Crippen molar-refractivity contribution in [2.45, 2.75) is 25.8 Å². The largest absolute Gasteiger partial charge is 0.370 e. The molecule has 0 saturated carbocycles. The third-order valence-electron chi connectivity index (χ3n) is 3.73. The van der Waals surface area contributed by atoms with Gasteiger partial charge in [-0.15, -0.1) is 0 Å². The van der Waals surface area contributed by atoms with Gasteiger partial charge in [0.1, 0.15) is 6.04 Å². The summed E-state index contributed by atoms with van der Waals surface area (Å²) >= 11 is 6.03. The second kappa shape index (κ2) is 5.41. The van der Waals surface area contributed by atoms with Crippen LogP contribution in [0.5, 0.6) is 0 Å². The number of halogens is 1. The van der Waals surface area contributed by atoms with Crippen LogP contribution in [0, 0.1) is 0 Å². The summed E-state index contributed by atoms with van der Waals surface area (Å²) in [4.78, 5) is 12.1. The summed E-state index contributed by atoms with van der Waals surface area (Å²) in [5.41, 5.74) is 3.91. The van der Waals surface area contributed by atoms with Crippen molar-refractivity contribution in [1.29, 1.82) is 0 Å². The van der Waals surface area contributed by atoms with Crippen molar-refractivity contribution in [2.24, 2.45) is 0 Å². The fourth-order valence-electron chi connectivity index (χ4n) is 2.51. The summed E-state index contributed by atoms with van der Waals surface area (Å²) in [5, 5.41) is 6.77. The number of carbonyl (C=O) groups excluding carboxylic acids is 1. The van der Waals surface area contributed by atoms with Crippen LogP contribution < -0.4 is 10.6 Å². The van der Waals surface area contributed by atoms with Crippen LogP contribution in [0.2, 0.25) is 5.02 Å². The van der Waals surface area contributed by atoms with Gasteiger partial charge in [-0.05, 0) is 41.8 Å². The lowest BCUT2D eigenvalue weighted by molar-refractivity contribution is -0.116. The third kappa shape index (κ3) is 2.74. The minimum atomic E-state index is -0.399. The van der Waals surface area contributed by atoms with Crippen molar-refractivity contribution in [3.8, 4) is 0 Å². The van der Waals surface area contributed by atoms with E-state index >= 15 is 0 Å². The Morgan fingerprint density at radius 3 is 2.52 bits per heavy atom. The topological polar surface area (TPSA) is 41.1 Å². The molecule has 2 aromatic rings. The molecule has 2 aromatic carbocycles. The highest BCUT2D eigenvalue weighted by atomic mass is 35.5. The van der Waals surface area contributed by atoms with E-state index in [-0.39, 0.29) is 5.91 Å². The second-order valence-corrected chi connectivity index (χ2v) is 6.01. The van der Waals surface area contributed by atoms with Gasteiger partial charge in [0, 0.05) is 22.0 Å². The Balaban J connectivity index is 1.85. The number of nitrogens with one attached hydrogen (secondary N) is 2. The van der Waals surface area contributed by atoms with Crippen LogP contribution in [-0.2, 0) is 4.79 Å². The Kier molecular flexibility index (Phi) is 3.60. The quantitative estimate of drug-likeness (QED) is 0.872. The summed E-state index contributed by atoms with van der Waals surface area (Å²) < 4.78 is 0. The summed E-state index contributed by atoms with van der Waals surface area (Å²) in [6.45, 7) is 4.32. The first kappa shape index (κ1) is 14.0. The fraction of sp³-hybridized carbons (Fsp3) is 0.235. The molecule has 0 saturated heterocycles. The van der Waals surface area contributed by atoms with E-state index in [1.54, 1.807) is 6.07 Å². The number of fused-ring (bicyclic) bond motifs is 1. The molecular formula is C17H17ClN2O. The maximum Gasteiger partial charge on any atom is 0.251 e. The van der Waals surface area contributed by atoms with Gasteiger partial charge in [0.2, 0.25) is 0 Å². The van der Waals surface area contributed by atoms with E-state index in [2.05, 4.69) is 36.6 Å². The highest BCUT2D eigenvalue weighted by Gasteiger charge is 2.30. The minimum absolute atomic E-state index is 0.0554. The summed E-state index contributed by atoms with van der Waals surface area (Å²) in [6.07, 6.45) is 0. The highest BCUT2D eigenvalue weighted by Crippen LogP contribution is 2.35. The minimum Gasteiger partial charge on any atom is -0.370 e. The Morgan fingerprint density at radius 1 is 1.14 bits per heavy atom. The zero-order valence-corrected chi connectivity index (χ0v) is 12.7. The van der Waals surface area contributed by atoms with Crippen LogP contribution in [0.15, 0.2) is 42.5 Å². The van der Waals surface area contributed by atoms with Crippen molar-refractivity contribution in [3.05, 3.63) is 58.6 Å². The van der Waals surface area contributed by atoms with Gasteiger partial charge in [0.05, 0.1) is 0 Å². The van der Waals surface area contributed by atoms with Crippen LogP contribution in [0.4, 0.5) is 11.4 Å². The number of hydrogen-bond acceptors (Lipinski definition) is 2. The maximum absolute atomic E-state index is 12.1. The van der Waals surface area contributed by atoms with Gasteiger partial charge in [-0.2, -0.15) is 0 Å². The Hall–Kier alpha value is -2.00. The summed E-state index contributed by atoms with van der Waals surface area (Å²) in [7, 11) is 0. The van der Waals surface area contributed by atoms with E-state index < -0.39 is 6.04 Å². The van der Waals surface area contributed by atoms with Gasteiger partial charge in [-0.25, -0.2) is 0 Å². The van der Waals surface area contributed by atoms with Gasteiger partial charge in [-0.1, -0.05) is 37.6 Å². The first-order valence-corrected chi connectivity index (χ1v) is 7.39. The van der Waals surface area contributed by atoms with Crippen LogP contribution in [-0.4, -0.2) is 5.91 Å². The van der Waals surface area contributed by atoms with Crippen molar-refractivity contribution >= 4 is 28.9 Å². The number of carbonyl (C=O) groups is 1. The summed E-state index contributed by atoms with van der Waals surface area (Å²) in [5.74, 6) is 0.438. The number of hydrogen-bond donors (Lipinski definition) is 2. The van der Waals surface area contributed by atoms with Gasteiger partial charge in [0.25, 0.3) is 5.91 Å². The molecule has 108 valence electrons. The molecule has 1 aliphatic rings. The van der Waals surface area contributed by atoms with Gasteiger partial charge < -0.3 is 10.6 Å². The van der Waals surface area contributed by atoms with E-state index in [4.69, 9.17) is 11.6 Å². The average Bonchev–Trinajstić information content (AvgIpc) is 2.76. The number of amides is 1. The van der Waals surface area contributed by atoms with Gasteiger partial charge in [0.15, 0.2) is 0 Å². The SMILES string of the molecule is CC(C)c1ccc(NC2C(=O)Nc3ccc(Cl)cc32)cc1. The standard InChI is InChI=1S/C17H17ClN2O/c1-10(2)11-3-6-13(7-4-11)19-16-14-9-12(18)5-8-15(14)20-17(16)21/h3-10,16,19H,1-2H3,(H,20,21). The predicted octanol–water partition coefficient (Wildman–Crippen LogP) is 4.57. The van der Waals surface area contributed by atoms with Crippen molar-refractivity contribution in [3.63, 3.8) is 0 Å². The van der Waals surface area contributed by atoms with Crippen LogP contribution in [0.25, 0.3) is 0 Å². The molecule has 0 fully saturated rings. The first-order valence-electron chi connectivity index (χ1n) is 7.01. The van der Waals surface area contributed by atoms with E-state index in [1.165, 1.54) is 5.56 Å². The lowest BCUT2D eigenvalue weighted by Crippen LogP contribution is -2.19. The van der Waals surface area contributed by atoms with Gasteiger partial charge >= 0.3 is 0 Å². The zero-order valence-electron chi connectivity index (χ0n) is 12.0. The fourth-order valence-corrected chi connectivity index (χ4v) is 2.69. The monoisotopic (exact) mass is 300 g/mol. The molecule has 1 aliphatic heterocycles. The molecule has 1 heterocycles. The molecule has 1 amide bonds. The maximum atomic E-state index is 12.1. The van der Waals surface area contributed by atoms with Crippen molar-refractivity contribution < 1.29 is 4.79 Å². The van der Waals surface area contributed by atoms with Crippen LogP contribution >= 0.6 is 11.6 Å². The molecule has 0 aliphatic carbocycles. The predicted molar refractivity (Wildman–Crippen MR) is 87.0 cm³/mol. The molecule has 2 N–H and O–H groups in total. The van der Waals surface area contributed by atoms with E-state index in [0.29, 0.717) is 10.9 Å².